The van der Waals surface area contributed by atoms with Gasteiger partial charge in [0.2, 0.25) is 5.82 Å². The van der Waals surface area contributed by atoms with Gasteiger partial charge in [-0.3, -0.25) is 9.36 Å². The number of rotatable bonds is 6. The normalized spacial score (nSPS) is 17.5. The average Bonchev–Trinajstić information content (AvgIpc) is 3.21. The van der Waals surface area contributed by atoms with E-state index in [2.05, 4.69) is 10.2 Å². The molecule has 8 nitrogen and oxygen atoms in total. The third kappa shape index (κ3) is 4.07. The predicted molar refractivity (Wildman–Crippen MR) is 113 cm³/mol. The summed E-state index contributed by atoms with van der Waals surface area (Å²) in [6, 6.07) is 10.1. The molecular formula is C23H22F3N3O5. The third-order valence-corrected chi connectivity index (χ3v) is 5.63. The van der Waals surface area contributed by atoms with Gasteiger partial charge in [0.1, 0.15) is 12.2 Å². The molecule has 1 aliphatic rings. The van der Waals surface area contributed by atoms with Crippen LogP contribution in [0.3, 0.4) is 0 Å². The molecule has 0 radical (unpaired) electrons. The number of hydrogen-bond acceptors (Lipinski definition) is 6. The number of methoxy groups -OCH3 is 2. The van der Waals surface area contributed by atoms with Crippen LogP contribution in [0.15, 0.2) is 36.4 Å². The molecule has 3 aromatic rings. The Morgan fingerprint density at radius 1 is 1.15 bits per heavy atom. The van der Waals surface area contributed by atoms with Gasteiger partial charge < -0.3 is 19.3 Å². The van der Waals surface area contributed by atoms with Gasteiger partial charge in [0.05, 0.1) is 26.3 Å². The van der Waals surface area contributed by atoms with Crippen LogP contribution in [0.1, 0.15) is 53.9 Å². The van der Waals surface area contributed by atoms with Crippen LogP contribution in [-0.4, -0.2) is 40.1 Å². The second-order valence-corrected chi connectivity index (χ2v) is 7.65. The molecule has 4 rings (SSSR count). The van der Waals surface area contributed by atoms with Crippen molar-refractivity contribution in [3.8, 4) is 17.2 Å². The predicted octanol–water partition coefficient (Wildman–Crippen LogP) is 4.50. The minimum absolute atomic E-state index is 0.146. The van der Waals surface area contributed by atoms with Crippen LogP contribution in [0.25, 0.3) is 5.69 Å². The van der Waals surface area contributed by atoms with Crippen LogP contribution < -0.4 is 9.47 Å². The van der Waals surface area contributed by atoms with Gasteiger partial charge in [-0.25, -0.2) is 0 Å². The molecule has 1 N–H and O–H groups in total. The summed E-state index contributed by atoms with van der Waals surface area (Å²) in [7, 11) is 2.90. The Kier molecular flexibility index (Phi) is 6.22. The van der Waals surface area contributed by atoms with Gasteiger partial charge in [0.15, 0.2) is 17.3 Å². The Morgan fingerprint density at radius 3 is 2.53 bits per heavy atom. The van der Waals surface area contributed by atoms with Crippen molar-refractivity contribution in [3.63, 3.8) is 0 Å². The number of aromatic nitrogens is 3. The second kappa shape index (κ2) is 8.98. The van der Waals surface area contributed by atoms with Crippen molar-refractivity contribution in [1.82, 2.24) is 14.8 Å². The first-order valence-corrected chi connectivity index (χ1v) is 10.4. The fraction of sp³-hybridized carbons (Fsp3) is 0.348. The van der Waals surface area contributed by atoms with Crippen LogP contribution in [-0.2, 0) is 22.1 Å². The molecule has 0 bridgehead atoms. The van der Waals surface area contributed by atoms with Gasteiger partial charge in [-0.15, -0.1) is 10.2 Å². The zero-order valence-electron chi connectivity index (χ0n) is 18.6. The molecule has 2 heterocycles. The van der Waals surface area contributed by atoms with Crippen molar-refractivity contribution in [2.24, 2.45) is 0 Å². The highest BCUT2D eigenvalue weighted by Crippen LogP contribution is 2.47. The summed E-state index contributed by atoms with van der Waals surface area (Å²) >= 11 is 0. The van der Waals surface area contributed by atoms with Gasteiger partial charge in [-0.1, -0.05) is 31.2 Å². The van der Waals surface area contributed by atoms with Crippen molar-refractivity contribution in [2.75, 3.05) is 14.2 Å². The summed E-state index contributed by atoms with van der Waals surface area (Å²) < 4.78 is 59.7. The molecule has 0 saturated heterocycles. The second-order valence-electron chi connectivity index (χ2n) is 7.65. The van der Waals surface area contributed by atoms with E-state index in [-0.39, 0.29) is 11.5 Å². The van der Waals surface area contributed by atoms with Gasteiger partial charge >= 0.3 is 12.1 Å². The van der Waals surface area contributed by atoms with Crippen LogP contribution in [0.5, 0.6) is 11.5 Å². The maximum Gasteiger partial charge on any atom is 0.452 e. The van der Waals surface area contributed by atoms with E-state index in [1.165, 1.54) is 14.2 Å². The van der Waals surface area contributed by atoms with Gasteiger partial charge in [0, 0.05) is 11.1 Å². The summed E-state index contributed by atoms with van der Waals surface area (Å²) in [5.41, 5.74) is 1.87. The largest absolute Gasteiger partial charge is 0.493 e. The number of carbonyl (C=O) groups is 1. The Hall–Kier alpha value is -3.60. The molecule has 34 heavy (non-hydrogen) atoms. The summed E-state index contributed by atoms with van der Waals surface area (Å²) in [5.74, 6) is -2.05. The number of alkyl halides is 3. The monoisotopic (exact) mass is 477 g/mol. The molecule has 0 spiro atoms. The van der Waals surface area contributed by atoms with E-state index in [9.17, 15) is 23.1 Å². The highest BCUT2D eigenvalue weighted by molar-refractivity contribution is 5.68. The summed E-state index contributed by atoms with van der Waals surface area (Å²) in [6.45, 7) is 1.92. The molecule has 0 unspecified atom stereocenters. The number of benzene rings is 2. The highest BCUT2D eigenvalue weighted by atomic mass is 19.4. The van der Waals surface area contributed by atoms with Crippen molar-refractivity contribution >= 4 is 5.97 Å². The molecule has 1 aromatic heterocycles. The first-order valence-electron chi connectivity index (χ1n) is 10.4. The van der Waals surface area contributed by atoms with E-state index in [4.69, 9.17) is 14.2 Å². The molecule has 0 aliphatic carbocycles. The highest BCUT2D eigenvalue weighted by Gasteiger charge is 2.43. The Labute approximate surface area is 192 Å². The Balaban J connectivity index is 2.05. The van der Waals surface area contributed by atoms with Crippen LogP contribution in [0.4, 0.5) is 13.2 Å². The van der Waals surface area contributed by atoms with E-state index >= 15 is 0 Å². The fourth-order valence-corrected chi connectivity index (χ4v) is 4.12. The lowest BCUT2D eigenvalue weighted by Crippen LogP contribution is -2.17. The van der Waals surface area contributed by atoms with Crippen molar-refractivity contribution < 1.29 is 37.3 Å². The Morgan fingerprint density at radius 2 is 1.91 bits per heavy atom. The maximum absolute atomic E-state index is 13.9. The lowest BCUT2D eigenvalue weighted by molar-refractivity contribution is -0.146. The number of aliphatic carboxylic acids is 1. The zero-order valence-corrected chi connectivity index (χ0v) is 18.6. The quantitative estimate of drug-likeness (QED) is 0.559. The van der Waals surface area contributed by atoms with Crippen LogP contribution >= 0.6 is 0 Å². The lowest BCUT2D eigenvalue weighted by Gasteiger charge is -2.24. The molecule has 0 fully saturated rings. The number of carboxylic acids is 1. The molecular weight excluding hydrogens is 455 g/mol. The first-order chi connectivity index (χ1) is 16.2. The minimum Gasteiger partial charge on any atom is -0.493 e. The topological polar surface area (TPSA) is 95.7 Å². The van der Waals surface area contributed by atoms with E-state index in [1.807, 2.05) is 6.92 Å². The Bertz CT molecular complexity index is 1230. The molecule has 2 atom stereocenters. The van der Waals surface area contributed by atoms with Gasteiger partial charge in [-0.05, 0) is 24.1 Å². The number of para-hydroxylation sites is 1. The van der Waals surface area contributed by atoms with Crippen LogP contribution in [0, 0.1) is 0 Å². The average molecular weight is 477 g/mol. The van der Waals surface area contributed by atoms with Gasteiger partial charge in [-0.2, -0.15) is 13.2 Å². The maximum atomic E-state index is 13.9. The molecule has 2 aromatic carbocycles. The molecule has 180 valence electrons. The number of hydrogen-bond donors (Lipinski definition) is 1. The van der Waals surface area contributed by atoms with Crippen molar-refractivity contribution in [3.05, 3.63) is 64.7 Å². The number of fused-ring (bicyclic) bond motifs is 3. The number of nitrogens with zero attached hydrogens (tertiary/aromatic N) is 3. The van der Waals surface area contributed by atoms with E-state index in [1.54, 1.807) is 36.4 Å². The lowest BCUT2D eigenvalue weighted by atomic mass is 9.95. The number of carboxylic acid groups (broad SMARTS) is 1. The molecule has 1 aliphatic heterocycles. The zero-order chi connectivity index (χ0) is 24.6. The smallest absolute Gasteiger partial charge is 0.452 e. The van der Waals surface area contributed by atoms with Gasteiger partial charge in [0.25, 0.3) is 0 Å². The number of halogens is 3. The minimum atomic E-state index is -4.83. The summed E-state index contributed by atoms with van der Waals surface area (Å²) in [4.78, 5) is 11.6. The first kappa shape index (κ1) is 23.6. The molecule has 0 saturated carbocycles. The van der Waals surface area contributed by atoms with E-state index in [0.717, 1.165) is 10.1 Å². The third-order valence-electron chi connectivity index (χ3n) is 5.63. The van der Waals surface area contributed by atoms with Crippen molar-refractivity contribution in [2.45, 2.75) is 38.1 Å². The molecule has 11 heteroatoms. The summed E-state index contributed by atoms with van der Waals surface area (Å²) in [6.07, 6.45) is -7.12. The SMILES string of the molecule is CCc1ccc2c(c1)[C@@H](c1cccc(OC)c1OC)O[C@H](CC(=O)O)c1nnc(C(F)(F)F)n1-2. The van der Waals surface area contributed by atoms with E-state index in [0.29, 0.717) is 29.0 Å². The van der Waals surface area contributed by atoms with E-state index < -0.39 is 36.6 Å². The summed E-state index contributed by atoms with van der Waals surface area (Å²) in [5, 5.41) is 16.5. The molecule has 0 amide bonds. The fourth-order valence-electron chi connectivity index (χ4n) is 4.12. The van der Waals surface area contributed by atoms with Crippen LogP contribution in [0.2, 0.25) is 0 Å². The number of ether oxygens (including phenoxy) is 3. The standard InChI is InChI=1S/C23H22F3N3O5/c1-4-12-8-9-15-14(10-12)19(13-6-5-7-16(32-2)20(13)33-3)34-17(11-18(30)31)21-27-28-22(29(15)21)23(24,25)26/h5-10,17,19H,4,11H2,1-3H3,(H,30,31)/t17-,19-/m1/s1. The van der Waals surface area contributed by atoms with Crippen molar-refractivity contribution in [1.29, 1.82) is 0 Å². The number of aryl methyl sites for hydroxylation is 1.